The average molecular weight is 188 g/mol. The van der Waals surface area contributed by atoms with Crippen molar-refractivity contribution in [1.29, 1.82) is 0 Å². The topological polar surface area (TPSA) is 77.8 Å². The third kappa shape index (κ3) is 4.05. The molecule has 0 fully saturated rings. The van der Waals surface area contributed by atoms with Gasteiger partial charge in [0.2, 0.25) is 0 Å². The van der Waals surface area contributed by atoms with E-state index in [2.05, 4.69) is 0 Å². The standard InChI is InChI=1S/C9H16O4/c1-6(7(2)9(12)13)8(11)4-3-5-10/h8,10-11H,3-5H2,1-2H3,(H,12,13). The Morgan fingerprint density at radius 1 is 1.38 bits per heavy atom. The first-order valence-corrected chi connectivity index (χ1v) is 4.20. The van der Waals surface area contributed by atoms with Crippen LogP contribution in [0.2, 0.25) is 0 Å². The highest BCUT2D eigenvalue weighted by Gasteiger charge is 2.12. The molecule has 3 N–H and O–H groups in total. The van der Waals surface area contributed by atoms with E-state index in [1.54, 1.807) is 6.92 Å². The molecule has 0 rings (SSSR count). The SMILES string of the molecule is CC(C(=O)O)=C(C)C(O)CCCO. The molecule has 0 bridgehead atoms. The van der Waals surface area contributed by atoms with Gasteiger partial charge in [0.05, 0.1) is 6.10 Å². The van der Waals surface area contributed by atoms with E-state index in [1.807, 2.05) is 0 Å². The summed E-state index contributed by atoms with van der Waals surface area (Å²) in [6.07, 6.45) is 0.112. The van der Waals surface area contributed by atoms with E-state index in [1.165, 1.54) is 6.92 Å². The fourth-order valence-corrected chi connectivity index (χ4v) is 0.920. The van der Waals surface area contributed by atoms with E-state index in [9.17, 15) is 9.90 Å². The monoisotopic (exact) mass is 188 g/mol. The van der Waals surface area contributed by atoms with Crippen molar-refractivity contribution in [1.82, 2.24) is 0 Å². The quantitative estimate of drug-likeness (QED) is 0.550. The van der Waals surface area contributed by atoms with E-state index < -0.39 is 12.1 Å². The zero-order valence-corrected chi connectivity index (χ0v) is 7.95. The molecule has 0 aliphatic rings. The number of rotatable bonds is 5. The van der Waals surface area contributed by atoms with Crippen LogP contribution in [0.1, 0.15) is 26.7 Å². The van der Waals surface area contributed by atoms with Crippen molar-refractivity contribution in [3.63, 3.8) is 0 Å². The third-order valence-corrected chi connectivity index (χ3v) is 2.05. The number of aliphatic hydroxyl groups is 2. The number of carbonyl (C=O) groups is 1. The molecule has 76 valence electrons. The van der Waals surface area contributed by atoms with Gasteiger partial charge in [0.1, 0.15) is 0 Å². The molecule has 0 spiro atoms. The molecule has 0 saturated carbocycles. The van der Waals surface area contributed by atoms with Crippen molar-refractivity contribution in [3.05, 3.63) is 11.1 Å². The van der Waals surface area contributed by atoms with Crippen molar-refractivity contribution in [2.75, 3.05) is 6.61 Å². The number of aliphatic carboxylic acids is 1. The van der Waals surface area contributed by atoms with Crippen LogP contribution in [0.4, 0.5) is 0 Å². The van der Waals surface area contributed by atoms with Crippen molar-refractivity contribution >= 4 is 5.97 Å². The fraction of sp³-hybridized carbons (Fsp3) is 0.667. The van der Waals surface area contributed by atoms with Crippen LogP contribution in [0.5, 0.6) is 0 Å². The van der Waals surface area contributed by atoms with E-state index in [0.29, 0.717) is 18.4 Å². The van der Waals surface area contributed by atoms with Crippen molar-refractivity contribution in [2.24, 2.45) is 0 Å². The molecule has 4 heteroatoms. The van der Waals surface area contributed by atoms with Gasteiger partial charge in [0, 0.05) is 12.2 Å². The summed E-state index contributed by atoms with van der Waals surface area (Å²) >= 11 is 0. The molecule has 1 atom stereocenters. The van der Waals surface area contributed by atoms with Crippen molar-refractivity contribution in [2.45, 2.75) is 32.8 Å². The van der Waals surface area contributed by atoms with Gasteiger partial charge >= 0.3 is 5.97 Å². The first kappa shape index (κ1) is 12.1. The minimum Gasteiger partial charge on any atom is -0.478 e. The van der Waals surface area contributed by atoms with Crippen LogP contribution in [-0.2, 0) is 4.79 Å². The van der Waals surface area contributed by atoms with E-state index >= 15 is 0 Å². The summed E-state index contributed by atoms with van der Waals surface area (Å²) in [6.45, 7) is 3.06. The second-order valence-corrected chi connectivity index (χ2v) is 2.99. The van der Waals surface area contributed by atoms with E-state index in [0.717, 1.165) is 0 Å². The molecule has 0 aromatic carbocycles. The summed E-state index contributed by atoms with van der Waals surface area (Å²) in [7, 11) is 0. The predicted molar refractivity (Wildman–Crippen MR) is 48.3 cm³/mol. The maximum Gasteiger partial charge on any atom is 0.331 e. The summed E-state index contributed by atoms with van der Waals surface area (Å²) < 4.78 is 0. The maximum absolute atomic E-state index is 10.5. The smallest absolute Gasteiger partial charge is 0.331 e. The Labute approximate surface area is 77.5 Å². The van der Waals surface area contributed by atoms with Crippen LogP contribution in [0.15, 0.2) is 11.1 Å². The molecule has 0 aliphatic carbocycles. The molecule has 0 aliphatic heterocycles. The maximum atomic E-state index is 10.5. The molecule has 0 heterocycles. The lowest BCUT2D eigenvalue weighted by atomic mass is 10.0. The lowest BCUT2D eigenvalue weighted by Gasteiger charge is -2.11. The Kier molecular flexibility index (Phi) is 5.34. The van der Waals surface area contributed by atoms with E-state index in [-0.39, 0.29) is 12.2 Å². The normalized spacial score (nSPS) is 15.1. The van der Waals surface area contributed by atoms with Crippen LogP contribution in [0, 0.1) is 0 Å². The van der Waals surface area contributed by atoms with Crippen LogP contribution in [0.3, 0.4) is 0 Å². The Morgan fingerprint density at radius 3 is 2.31 bits per heavy atom. The summed E-state index contributed by atoms with van der Waals surface area (Å²) in [5.41, 5.74) is 0.631. The van der Waals surface area contributed by atoms with Gasteiger partial charge in [-0.1, -0.05) is 0 Å². The first-order chi connectivity index (χ1) is 6.00. The zero-order valence-electron chi connectivity index (χ0n) is 7.95. The Balaban J connectivity index is 4.30. The van der Waals surface area contributed by atoms with Gasteiger partial charge in [-0.15, -0.1) is 0 Å². The minimum absolute atomic E-state index is 0.0104. The fourth-order valence-electron chi connectivity index (χ4n) is 0.920. The molecule has 0 amide bonds. The average Bonchev–Trinajstić information content (AvgIpc) is 2.11. The third-order valence-electron chi connectivity index (χ3n) is 2.05. The number of aliphatic hydroxyl groups excluding tert-OH is 2. The molecule has 4 nitrogen and oxygen atoms in total. The number of hydrogen-bond donors (Lipinski definition) is 3. The Hall–Kier alpha value is -0.870. The van der Waals surface area contributed by atoms with Crippen molar-refractivity contribution in [3.8, 4) is 0 Å². The highest BCUT2D eigenvalue weighted by Crippen LogP contribution is 2.12. The molecular weight excluding hydrogens is 172 g/mol. The molecule has 0 saturated heterocycles. The van der Waals surface area contributed by atoms with Crippen LogP contribution in [0.25, 0.3) is 0 Å². The number of hydrogen-bond acceptors (Lipinski definition) is 3. The number of carboxylic acids is 1. The molecule has 0 radical (unpaired) electrons. The van der Waals surface area contributed by atoms with Gasteiger partial charge in [0.25, 0.3) is 0 Å². The highest BCUT2D eigenvalue weighted by molar-refractivity contribution is 5.86. The van der Waals surface area contributed by atoms with Gasteiger partial charge < -0.3 is 15.3 Å². The van der Waals surface area contributed by atoms with Crippen LogP contribution in [-0.4, -0.2) is 34.0 Å². The second-order valence-electron chi connectivity index (χ2n) is 2.99. The van der Waals surface area contributed by atoms with Crippen LogP contribution >= 0.6 is 0 Å². The molecule has 0 aromatic rings. The summed E-state index contributed by atoms with van der Waals surface area (Å²) in [4.78, 5) is 10.5. The summed E-state index contributed by atoms with van der Waals surface area (Å²) in [5, 5.41) is 26.5. The predicted octanol–water partition coefficient (Wildman–Crippen LogP) is 0.541. The lowest BCUT2D eigenvalue weighted by Crippen LogP contribution is -2.13. The highest BCUT2D eigenvalue weighted by atomic mass is 16.4. The Bertz CT molecular complexity index is 208. The number of carboxylic acid groups (broad SMARTS) is 1. The zero-order chi connectivity index (χ0) is 10.4. The molecule has 1 unspecified atom stereocenters. The van der Waals surface area contributed by atoms with Crippen LogP contribution < -0.4 is 0 Å². The summed E-state index contributed by atoms with van der Waals surface area (Å²) in [6, 6.07) is 0. The molecular formula is C9H16O4. The first-order valence-electron chi connectivity index (χ1n) is 4.20. The molecule has 0 aromatic heterocycles. The largest absolute Gasteiger partial charge is 0.478 e. The molecule has 13 heavy (non-hydrogen) atoms. The second kappa shape index (κ2) is 5.72. The summed E-state index contributed by atoms with van der Waals surface area (Å²) in [5.74, 6) is -1.01. The van der Waals surface area contributed by atoms with Gasteiger partial charge in [-0.25, -0.2) is 4.79 Å². The Morgan fingerprint density at radius 2 is 1.92 bits per heavy atom. The van der Waals surface area contributed by atoms with Gasteiger partial charge in [-0.05, 0) is 32.3 Å². The lowest BCUT2D eigenvalue weighted by molar-refractivity contribution is -0.132. The van der Waals surface area contributed by atoms with Gasteiger partial charge in [-0.3, -0.25) is 0 Å². The minimum atomic E-state index is -1.01. The van der Waals surface area contributed by atoms with Gasteiger partial charge in [-0.2, -0.15) is 0 Å². The van der Waals surface area contributed by atoms with Crippen molar-refractivity contribution < 1.29 is 20.1 Å². The van der Waals surface area contributed by atoms with E-state index in [4.69, 9.17) is 10.2 Å². The van der Waals surface area contributed by atoms with Gasteiger partial charge in [0.15, 0.2) is 0 Å².